The summed E-state index contributed by atoms with van der Waals surface area (Å²) in [7, 11) is 1.67. The van der Waals surface area contributed by atoms with Crippen molar-refractivity contribution in [3.63, 3.8) is 0 Å². The molecule has 1 aromatic heterocycles. The van der Waals surface area contributed by atoms with E-state index in [-0.39, 0.29) is 0 Å². The zero-order valence-corrected chi connectivity index (χ0v) is 18.8. The minimum absolute atomic E-state index is 0.354. The van der Waals surface area contributed by atoms with Gasteiger partial charge in [-0.25, -0.2) is 4.68 Å². The van der Waals surface area contributed by atoms with Gasteiger partial charge in [0.2, 0.25) is 0 Å². The average molecular weight is 439 g/mol. The van der Waals surface area contributed by atoms with Crippen LogP contribution >= 0.6 is 0 Å². The van der Waals surface area contributed by atoms with Crippen molar-refractivity contribution in [1.82, 2.24) is 9.78 Å². The predicted molar refractivity (Wildman–Crippen MR) is 130 cm³/mol. The number of carbonyl (C=O) groups excluding carboxylic acids is 1. The Hall–Kier alpha value is -4.06. The third-order valence-electron chi connectivity index (χ3n) is 6.16. The first kappa shape index (κ1) is 20.8. The van der Waals surface area contributed by atoms with Crippen LogP contribution in [-0.4, -0.2) is 22.8 Å². The van der Waals surface area contributed by atoms with E-state index < -0.39 is 5.91 Å². The monoisotopic (exact) mass is 438 g/mol. The van der Waals surface area contributed by atoms with Crippen molar-refractivity contribution in [2.24, 2.45) is 5.73 Å². The molecule has 0 atom stereocenters. The summed E-state index contributed by atoms with van der Waals surface area (Å²) in [5, 5.41) is 8.15. The number of ether oxygens (including phenoxy) is 1. The number of primary amides is 1. The lowest BCUT2D eigenvalue weighted by molar-refractivity contribution is 0.0994. The van der Waals surface area contributed by atoms with Crippen molar-refractivity contribution < 1.29 is 9.53 Å². The highest BCUT2D eigenvalue weighted by atomic mass is 16.5. The van der Waals surface area contributed by atoms with Crippen molar-refractivity contribution in [3.8, 4) is 22.7 Å². The molecule has 5 rings (SSSR count). The molecule has 0 saturated carbocycles. The summed E-state index contributed by atoms with van der Waals surface area (Å²) >= 11 is 0. The summed E-state index contributed by atoms with van der Waals surface area (Å²) in [5.74, 6) is 0.351. The zero-order chi connectivity index (χ0) is 22.9. The number of nitrogens with one attached hydrogen (secondary N) is 1. The number of nitrogens with two attached hydrogens (primary N) is 1. The van der Waals surface area contributed by atoms with Crippen LogP contribution in [0.5, 0.6) is 5.75 Å². The van der Waals surface area contributed by atoms with Crippen molar-refractivity contribution in [3.05, 3.63) is 94.7 Å². The summed E-state index contributed by atoms with van der Waals surface area (Å²) in [6, 6.07) is 22.6. The standard InChI is InChI=1S/C27H26N4O2/c1-17-3-10-21(11-4-17)31-26-23(25(30-31)27(28)32)14-8-19-7-9-20(15-24(19)26)29-16-18-5-12-22(33-2)13-6-18/h3-7,9-13,15,29H,8,14,16H2,1-2H3,(H2,28,32). The van der Waals surface area contributed by atoms with Crippen LogP contribution in [-0.2, 0) is 19.4 Å². The molecule has 0 spiro atoms. The lowest BCUT2D eigenvalue weighted by Crippen LogP contribution is -2.15. The number of aryl methyl sites for hydroxylation is 2. The number of anilines is 1. The van der Waals surface area contributed by atoms with Crippen molar-refractivity contribution in [1.29, 1.82) is 0 Å². The number of carbonyl (C=O) groups is 1. The molecule has 3 N–H and O–H groups in total. The van der Waals surface area contributed by atoms with Crippen LogP contribution in [0.15, 0.2) is 66.7 Å². The fraction of sp³-hybridized carbons (Fsp3) is 0.185. The SMILES string of the molecule is COc1ccc(CNc2ccc3c(c2)-c2c(c(C(N)=O)nn2-c2ccc(C)cc2)CC3)cc1. The van der Waals surface area contributed by atoms with E-state index in [1.165, 1.54) is 11.1 Å². The lowest BCUT2D eigenvalue weighted by atomic mass is 9.88. The Morgan fingerprint density at radius 1 is 1.06 bits per heavy atom. The second-order valence-electron chi connectivity index (χ2n) is 8.36. The maximum absolute atomic E-state index is 12.2. The molecule has 0 saturated heterocycles. The molecule has 6 nitrogen and oxygen atoms in total. The molecule has 0 fully saturated rings. The van der Waals surface area contributed by atoms with Crippen LogP contribution in [0.3, 0.4) is 0 Å². The fourth-order valence-corrected chi connectivity index (χ4v) is 4.37. The highest BCUT2D eigenvalue weighted by Gasteiger charge is 2.28. The molecule has 6 heteroatoms. The molecule has 0 bridgehead atoms. The Morgan fingerprint density at radius 3 is 2.52 bits per heavy atom. The lowest BCUT2D eigenvalue weighted by Gasteiger charge is -2.20. The van der Waals surface area contributed by atoms with Crippen LogP contribution in [0.2, 0.25) is 0 Å². The molecule has 166 valence electrons. The molecule has 4 aromatic rings. The zero-order valence-electron chi connectivity index (χ0n) is 18.8. The van der Waals surface area contributed by atoms with Crippen LogP contribution in [0.4, 0.5) is 5.69 Å². The molecule has 1 aliphatic rings. The topological polar surface area (TPSA) is 82.2 Å². The van der Waals surface area contributed by atoms with E-state index in [1.54, 1.807) is 7.11 Å². The second kappa shape index (κ2) is 8.47. The van der Waals surface area contributed by atoms with E-state index in [9.17, 15) is 4.79 Å². The minimum Gasteiger partial charge on any atom is -0.497 e. The second-order valence-corrected chi connectivity index (χ2v) is 8.36. The van der Waals surface area contributed by atoms with Gasteiger partial charge in [-0.05, 0) is 67.3 Å². The number of amides is 1. The van der Waals surface area contributed by atoms with Gasteiger partial charge in [0.05, 0.1) is 18.5 Å². The van der Waals surface area contributed by atoms with Crippen LogP contribution in [0.25, 0.3) is 16.9 Å². The van der Waals surface area contributed by atoms with Crippen LogP contribution in [0.1, 0.15) is 32.7 Å². The van der Waals surface area contributed by atoms with Gasteiger partial charge in [0, 0.05) is 23.4 Å². The Balaban J connectivity index is 1.53. The van der Waals surface area contributed by atoms with Crippen LogP contribution < -0.4 is 15.8 Å². The molecule has 1 aliphatic carbocycles. The molecule has 0 radical (unpaired) electrons. The number of rotatable bonds is 6. The van der Waals surface area contributed by atoms with Crippen molar-refractivity contribution in [2.45, 2.75) is 26.3 Å². The normalized spacial score (nSPS) is 12.1. The largest absolute Gasteiger partial charge is 0.497 e. The van der Waals surface area contributed by atoms with Gasteiger partial charge in [0.25, 0.3) is 5.91 Å². The average Bonchev–Trinajstić information content (AvgIpc) is 3.24. The van der Waals surface area contributed by atoms with Gasteiger partial charge in [-0.15, -0.1) is 0 Å². The Bertz CT molecular complexity index is 1320. The summed E-state index contributed by atoms with van der Waals surface area (Å²) < 4.78 is 7.10. The van der Waals surface area contributed by atoms with Crippen molar-refractivity contribution >= 4 is 11.6 Å². The fourth-order valence-electron chi connectivity index (χ4n) is 4.37. The molecular formula is C27H26N4O2. The van der Waals surface area contributed by atoms with E-state index in [0.29, 0.717) is 12.2 Å². The highest BCUT2D eigenvalue weighted by Crippen LogP contribution is 2.38. The molecule has 33 heavy (non-hydrogen) atoms. The summed E-state index contributed by atoms with van der Waals surface area (Å²) in [6.45, 7) is 2.74. The number of benzene rings is 3. The van der Waals surface area contributed by atoms with E-state index >= 15 is 0 Å². The number of fused-ring (bicyclic) bond motifs is 3. The molecule has 1 heterocycles. The van der Waals surface area contributed by atoms with E-state index in [2.05, 4.69) is 28.6 Å². The van der Waals surface area contributed by atoms with E-state index in [4.69, 9.17) is 10.5 Å². The van der Waals surface area contributed by atoms with Gasteiger partial charge in [-0.3, -0.25) is 4.79 Å². The first-order chi connectivity index (χ1) is 16.0. The Morgan fingerprint density at radius 2 is 1.82 bits per heavy atom. The van der Waals surface area contributed by atoms with Gasteiger partial charge in [-0.1, -0.05) is 35.9 Å². The number of hydrogen-bond donors (Lipinski definition) is 2. The summed E-state index contributed by atoms with van der Waals surface area (Å²) in [5.41, 5.74) is 14.5. The van der Waals surface area contributed by atoms with E-state index in [1.807, 2.05) is 60.1 Å². The Labute approximate surface area is 193 Å². The molecular weight excluding hydrogens is 412 g/mol. The first-order valence-electron chi connectivity index (χ1n) is 11.0. The third kappa shape index (κ3) is 3.96. The van der Waals surface area contributed by atoms with Gasteiger partial charge in [0.1, 0.15) is 5.75 Å². The smallest absolute Gasteiger partial charge is 0.269 e. The summed E-state index contributed by atoms with van der Waals surface area (Å²) in [6.07, 6.45) is 1.59. The number of aromatic nitrogens is 2. The number of nitrogens with zero attached hydrogens (tertiary/aromatic N) is 2. The van der Waals surface area contributed by atoms with Gasteiger partial charge in [0.15, 0.2) is 5.69 Å². The number of methoxy groups -OCH3 is 1. The molecule has 0 aliphatic heterocycles. The van der Waals surface area contributed by atoms with E-state index in [0.717, 1.165) is 52.4 Å². The van der Waals surface area contributed by atoms with Gasteiger partial charge in [-0.2, -0.15) is 5.10 Å². The molecule has 3 aromatic carbocycles. The summed E-state index contributed by atoms with van der Waals surface area (Å²) in [4.78, 5) is 12.2. The Kier molecular flexibility index (Phi) is 5.34. The van der Waals surface area contributed by atoms with Crippen LogP contribution in [0, 0.1) is 6.92 Å². The molecule has 1 amide bonds. The quantitative estimate of drug-likeness (QED) is 0.458. The van der Waals surface area contributed by atoms with Crippen molar-refractivity contribution in [2.75, 3.05) is 12.4 Å². The van der Waals surface area contributed by atoms with Gasteiger partial charge >= 0.3 is 0 Å². The first-order valence-corrected chi connectivity index (χ1v) is 11.0. The number of hydrogen-bond acceptors (Lipinski definition) is 4. The third-order valence-corrected chi connectivity index (χ3v) is 6.16. The maximum atomic E-state index is 12.2. The predicted octanol–water partition coefficient (Wildman–Crippen LogP) is 4.67. The maximum Gasteiger partial charge on any atom is 0.269 e. The minimum atomic E-state index is -0.491. The molecule has 0 unspecified atom stereocenters. The highest BCUT2D eigenvalue weighted by molar-refractivity contribution is 5.95. The van der Waals surface area contributed by atoms with Gasteiger partial charge < -0.3 is 15.8 Å².